The van der Waals surface area contributed by atoms with Gasteiger partial charge in [-0.1, -0.05) is 54.6 Å². The zero-order valence-electron chi connectivity index (χ0n) is 17.8. The number of fused-ring (bicyclic) bond motifs is 1. The van der Waals surface area contributed by atoms with E-state index in [1.54, 1.807) is 0 Å². The van der Waals surface area contributed by atoms with E-state index < -0.39 is 5.41 Å². The van der Waals surface area contributed by atoms with Gasteiger partial charge in [0.15, 0.2) is 0 Å². The maximum atomic E-state index is 13.3. The minimum Gasteiger partial charge on any atom is -0.308 e. The molecule has 0 saturated carbocycles. The summed E-state index contributed by atoms with van der Waals surface area (Å²) in [7, 11) is 0. The lowest BCUT2D eigenvalue weighted by molar-refractivity contribution is -0.122. The topological polar surface area (TPSA) is 23.6 Å². The summed E-state index contributed by atoms with van der Waals surface area (Å²) in [5.41, 5.74) is 4.86. The van der Waals surface area contributed by atoms with E-state index >= 15 is 0 Å². The van der Waals surface area contributed by atoms with Crippen LogP contribution in [0.5, 0.6) is 0 Å². The second-order valence-corrected chi connectivity index (χ2v) is 9.67. The van der Waals surface area contributed by atoms with Gasteiger partial charge in [0.25, 0.3) is 0 Å². The molecule has 1 fully saturated rings. The van der Waals surface area contributed by atoms with Crippen LogP contribution in [0, 0.1) is 0 Å². The molecule has 0 bridgehead atoms. The number of piperidine rings is 1. The van der Waals surface area contributed by atoms with Crippen molar-refractivity contribution < 1.29 is 4.79 Å². The average Bonchev–Trinajstić information content (AvgIpc) is 3.24. The van der Waals surface area contributed by atoms with E-state index in [0.29, 0.717) is 12.1 Å². The number of carbonyl (C=O) groups excluding carboxylic acids is 1. The summed E-state index contributed by atoms with van der Waals surface area (Å²) >= 11 is 0. The SMILES string of the molecule is CC1(C)C(=O)N(C2CCN(C3Cc4cccc5cccc3c45)CC2)c2ccccc21. The number of nitrogens with zero attached hydrogens (tertiary/aromatic N) is 2. The van der Waals surface area contributed by atoms with Gasteiger partial charge < -0.3 is 4.90 Å². The second-order valence-electron chi connectivity index (χ2n) is 9.67. The molecule has 0 radical (unpaired) electrons. The molecule has 2 heterocycles. The molecule has 3 aromatic carbocycles. The lowest BCUT2D eigenvalue weighted by Crippen LogP contribution is -2.49. The molecule has 0 spiro atoms. The summed E-state index contributed by atoms with van der Waals surface area (Å²) in [5.74, 6) is 0.264. The number of carbonyl (C=O) groups is 1. The van der Waals surface area contributed by atoms with E-state index in [9.17, 15) is 4.79 Å². The molecular weight excluding hydrogens is 368 g/mol. The molecule has 3 aromatic rings. The van der Waals surface area contributed by atoms with Crippen LogP contribution in [0.3, 0.4) is 0 Å². The Morgan fingerprint density at radius 2 is 1.63 bits per heavy atom. The zero-order valence-corrected chi connectivity index (χ0v) is 17.8. The highest BCUT2D eigenvalue weighted by molar-refractivity contribution is 6.08. The molecule has 0 aromatic heterocycles. The van der Waals surface area contributed by atoms with Gasteiger partial charge >= 0.3 is 0 Å². The molecule has 1 amide bonds. The number of benzene rings is 3. The Morgan fingerprint density at radius 3 is 2.43 bits per heavy atom. The van der Waals surface area contributed by atoms with Gasteiger partial charge in [-0.3, -0.25) is 9.69 Å². The number of anilines is 1. The van der Waals surface area contributed by atoms with Crippen molar-refractivity contribution in [1.82, 2.24) is 4.90 Å². The molecule has 1 saturated heterocycles. The van der Waals surface area contributed by atoms with Gasteiger partial charge in [-0.15, -0.1) is 0 Å². The Labute approximate surface area is 178 Å². The maximum Gasteiger partial charge on any atom is 0.237 e. The van der Waals surface area contributed by atoms with Crippen LogP contribution < -0.4 is 4.90 Å². The van der Waals surface area contributed by atoms with Crippen LogP contribution >= 0.6 is 0 Å². The van der Waals surface area contributed by atoms with Gasteiger partial charge in [-0.2, -0.15) is 0 Å². The summed E-state index contributed by atoms with van der Waals surface area (Å²) in [6, 6.07) is 22.6. The van der Waals surface area contributed by atoms with E-state index in [1.165, 1.54) is 27.5 Å². The predicted molar refractivity (Wildman–Crippen MR) is 122 cm³/mol. The van der Waals surface area contributed by atoms with Gasteiger partial charge in [0.2, 0.25) is 5.91 Å². The third kappa shape index (κ3) is 2.45. The van der Waals surface area contributed by atoms with Gasteiger partial charge in [0, 0.05) is 30.9 Å². The summed E-state index contributed by atoms with van der Waals surface area (Å²) < 4.78 is 0. The smallest absolute Gasteiger partial charge is 0.237 e. The normalized spacial score (nSPS) is 23.3. The molecule has 1 atom stereocenters. The fraction of sp³-hybridized carbons (Fsp3) is 0.370. The van der Waals surface area contributed by atoms with Crippen molar-refractivity contribution in [3.05, 3.63) is 77.4 Å². The standard InChI is InChI=1S/C27H28N2O/c1-27(2)22-11-3-4-12-23(22)29(26(27)30)20-13-15-28(16-14-20)24-17-19-9-5-7-18-8-6-10-21(24)25(18)19/h3-12,20,24H,13-17H2,1-2H3. The minimum absolute atomic E-state index is 0.264. The number of rotatable bonds is 2. The molecule has 6 rings (SSSR count). The number of hydrogen-bond donors (Lipinski definition) is 0. The molecule has 2 aliphatic heterocycles. The highest BCUT2D eigenvalue weighted by atomic mass is 16.2. The monoisotopic (exact) mass is 396 g/mol. The summed E-state index contributed by atoms with van der Waals surface area (Å²) in [4.78, 5) is 18.1. The number of hydrogen-bond acceptors (Lipinski definition) is 2. The van der Waals surface area contributed by atoms with Gasteiger partial charge in [-0.05, 0) is 66.6 Å². The van der Waals surface area contributed by atoms with Crippen molar-refractivity contribution in [2.24, 2.45) is 0 Å². The van der Waals surface area contributed by atoms with Gasteiger partial charge in [0.05, 0.1) is 5.41 Å². The first-order valence-electron chi connectivity index (χ1n) is 11.2. The third-order valence-corrected chi connectivity index (χ3v) is 7.69. The Hall–Kier alpha value is -2.65. The van der Waals surface area contributed by atoms with E-state index in [0.717, 1.165) is 38.0 Å². The summed E-state index contributed by atoms with van der Waals surface area (Å²) in [5, 5.41) is 2.83. The van der Waals surface area contributed by atoms with Gasteiger partial charge in [0.1, 0.15) is 0 Å². The zero-order chi connectivity index (χ0) is 20.5. The molecule has 152 valence electrons. The quantitative estimate of drug-likeness (QED) is 0.592. The fourth-order valence-electron chi connectivity index (χ4n) is 6.10. The Bertz CT molecular complexity index is 1150. The van der Waals surface area contributed by atoms with Crippen LogP contribution in [0.1, 0.15) is 49.4 Å². The molecule has 30 heavy (non-hydrogen) atoms. The van der Waals surface area contributed by atoms with E-state index in [2.05, 4.69) is 84.3 Å². The number of likely N-dealkylation sites (tertiary alicyclic amines) is 1. The van der Waals surface area contributed by atoms with Crippen LogP contribution in [0.4, 0.5) is 5.69 Å². The van der Waals surface area contributed by atoms with Crippen molar-refractivity contribution >= 4 is 22.4 Å². The van der Waals surface area contributed by atoms with Crippen LogP contribution in [0.2, 0.25) is 0 Å². The van der Waals surface area contributed by atoms with Gasteiger partial charge in [-0.25, -0.2) is 0 Å². The maximum absolute atomic E-state index is 13.3. The lowest BCUT2D eigenvalue weighted by atomic mass is 9.86. The van der Waals surface area contributed by atoms with Crippen LogP contribution in [0.25, 0.3) is 10.8 Å². The fourth-order valence-corrected chi connectivity index (χ4v) is 6.10. The first-order valence-corrected chi connectivity index (χ1v) is 11.2. The molecule has 3 nitrogen and oxygen atoms in total. The van der Waals surface area contributed by atoms with Crippen molar-refractivity contribution in [1.29, 1.82) is 0 Å². The molecular formula is C27H28N2O. The number of amides is 1. The van der Waals surface area contributed by atoms with Crippen molar-refractivity contribution in [3.8, 4) is 0 Å². The molecule has 1 aliphatic carbocycles. The van der Waals surface area contributed by atoms with Crippen LogP contribution in [-0.4, -0.2) is 29.9 Å². The molecule has 0 N–H and O–H groups in total. The predicted octanol–water partition coefficient (Wildman–Crippen LogP) is 5.23. The largest absolute Gasteiger partial charge is 0.308 e. The van der Waals surface area contributed by atoms with E-state index in [1.807, 2.05) is 0 Å². The first kappa shape index (κ1) is 18.1. The minimum atomic E-state index is -0.420. The Balaban J connectivity index is 1.24. The Kier molecular flexibility index (Phi) is 3.88. The van der Waals surface area contributed by atoms with E-state index in [-0.39, 0.29) is 5.91 Å². The second kappa shape index (κ2) is 6.42. The van der Waals surface area contributed by atoms with Crippen molar-refractivity contribution in [3.63, 3.8) is 0 Å². The van der Waals surface area contributed by atoms with Crippen LogP contribution in [0.15, 0.2) is 60.7 Å². The summed E-state index contributed by atoms with van der Waals surface area (Å²) in [6.07, 6.45) is 3.19. The van der Waals surface area contributed by atoms with E-state index in [4.69, 9.17) is 0 Å². The first-order chi connectivity index (χ1) is 14.6. The molecule has 3 heteroatoms. The third-order valence-electron chi connectivity index (χ3n) is 7.69. The average molecular weight is 397 g/mol. The highest BCUT2D eigenvalue weighted by Crippen LogP contribution is 2.45. The van der Waals surface area contributed by atoms with Crippen LogP contribution in [-0.2, 0) is 16.6 Å². The Morgan fingerprint density at radius 1 is 0.900 bits per heavy atom. The molecule has 3 aliphatic rings. The van der Waals surface area contributed by atoms with Crippen molar-refractivity contribution in [2.45, 2.75) is 50.6 Å². The lowest BCUT2D eigenvalue weighted by Gasteiger charge is -2.40. The van der Waals surface area contributed by atoms with Crippen molar-refractivity contribution in [2.75, 3.05) is 18.0 Å². The highest BCUT2D eigenvalue weighted by Gasteiger charge is 2.47. The summed E-state index contributed by atoms with van der Waals surface area (Å²) in [6.45, 7) is 6.23. The number of para-hydroxylation sites is 1. The molecule has 1 unspecified atom stereocenters.